The summed E-state index contributed by atoms with van der Waals surface area (Å²) in [5.41, 5.74) is 5.39. The smallest absolute Gasteiger partial charge is 0.123 e. The zero-order valence-electron chi connectivity index (χ0n) is 5.49. The molecule has 0 fully saturated rings. The summed E-state index contributed by atoms with van der Waals surface area (Å²) in [7, 11) is 0. The van der Waals surface area contributed by atoms with E-state index in [0.717, 1.165) is 0 Å². The Morgan fingerprint density at radius 3 is 3.30 bits per heavy atom. The Bertz CT molecular complexity index is 180. The zero-order valence-corrected chi connectivity index (χ0v) is 5.49. The fourth-order valence-corrected chi connectivity index (χ4v) is 0.494. The van der Waals surface area contributed by atoms with Crippen LogP contribution in [-0.2, 0) is 0 Å². The van der Waals surface area contributed by atoms with Crippen LogP contribution in [0.5, 0.6) is 0 Å². The molecule has 0 spiro atoms. The molecule has 54 valence electrons. The lowest BCUT2D eigenvalue weighted by molar-refractivity contribution is 0.945. The average Bonchev–Trinajstić information content (AvgIpc) is 2.02. The van der Waals surface area contributed by atoms with Gasteiger partial charge in [0.2, 0.25) is 0 Å². The van der Waals surface area contributed by atoms with Gasteiger partial charge in [0.05, 0.1) is 12.9 Å². The van der Waals surface area contributed by atoms with Crippen molar-refractivity contribution in [3.8, 4) is 0 Å². The van der Waals surface area contributed by atoms with Crippen LogP contribution < -0.4 is 11.1 Å². The molecule has 0 saturated heterocycles. The second-order valence-electron chi connectivity index (χ2n) is 1.75. The van der Waals surface area contributed by atoms with Crippen molar-refractivity contribution in [3.05, 3.63) is 0 Å². The van der Waals surface area contributed by atoms with Crippen LogP contribution in [0.3, 0.4) is 0 Å². The first kappa shape index (κ1) is 6.73. The summed E-state index contributed by atoms with van der Waals surface area (Å²) < 4.78 is 0. The number of rotatable bonds is 0. The van der Waals surface area contributed by atoms with E-state index in [-0.39, 0.29) is 0 Å². The summed E-state index contributed by atoms with van der Waals surface area (Å²) in [4.78, 5) is 11.5. The Morgan fingerprint density at radius 2 is 2.40 bits per heavy atom. The highest BCUT2D eigenvalue weighted by Crippen LogP contribution is 1.73. The van der Waals surface area contributed by atoms with E-state index < -0.39 is 0 Å². The molecular weight excluding hydrogens is 130 g/mol. The first-order valence-corrected chi connectivity index (χ1v) is 2.92. The van der Waals surface area contributed by atoms with Gasteiger partial charge < -0.3 is 11.1 Å². The van der Waals surface area contributed by atoms with E-state index in [2.05, 4.69) is 20.3 Å². The summed E-state index contributed by atoms with van der Waals surface area (Å²) in [5, 5.41) is 2.83. The van der Waals surface area contributed by atoms with Crippen LogP contribution in [0.4, 0.5) is 0 Å². The van der Waals surface area contributed by atoms with Crippen molar-refractivity contribution in [3.63, 3.8) is 0 Å². The number of nitrogens with two attached hydrogens (primary N) is 1. The van der Waals surface area contributed by atoms with Gasteiger partial charge in [0.15, 0.2) is 0 Å². The summed E-state index contributed by atoms with van der Waals surface area (Å²) >= 11 is 0. The van der Waals surface area contributed by atoms with Gasteiger partial charge in [-0.15, -0.1) is 0 Å². The lowest BCUT2D eigenvalue weighted by atomic mass is 10.6. The maximum Gasteiger partial charge on any atom is 0.123 e. The molecule has 1 aliphatic heterocycles. The Labute approximate surface area is 58.8 Å². The number of hydrogen-bond acceptors (Lipinski definition) is 5. The Kier molecular flexibility index (Phi) is 2.42. The predicted octanol–water partition coefficient (Wildman–Crippen LogP) is -1.04. The fourth-order valence-electron chi connectivity index (χ4n) is 0.494. The molecule has 1 rings (SSSR count). The van der Waals surface area contributed by atoms with Crippen molar-refractivity contribution < 1.29 is 0 Å². The lowest BCUT2D eigenvalue weighted by Crippen LogP contribution is -2.16. The van der Waals surface area contributed by atoms with Gasteiger partial charge in [0, 0.05) is 0 Å². The zero-order chi connectivity index (χ0) is 7.23. The van der Waals surface area contributed by atoms with Gasteiger partial charge in [0.1, 0.15) is 18.8 Å². The topological polar surface area (TPSA) is 75.1 Å². The summed E-state index contributed by atoms with van der Waals surface area (Å²) in [6, 6.07) is 0. The van der Waals surface area contributed by atoms with Crippen molar-refractivity contribution in [1.82, 2.24) is 5.32 Å². The third kappa shape index (κ3) is 2.25. The molecule has 0 aromatic rings. The Morgan fingerprint density at radius 1 is 1.50 bits per heavy atom. The third-order valence-electron chi connectivity index (χ3n) is 0.924. The van der Waals surface area contributed by atoms with Gasteiger partial charge in [-0.3, -0.25) is 9.98 Å². The van der Waals surface area contributed by atoms with Gasteiger partial charge in [-0.1, -0.05) is 0 Å². The molecule has 3 N–H and O–H groups in total. The molecule has 1 heterocycles. The number of nitrogens with zero attached hydrogens (tertiary/aromatic N) is 3. The molecule has 5 nitrogen and oxygen atoms in total. The van der Waals surface area contributed by atoms with E-state index in [9.17, 15) is 0 Å². The maximum absolute atomic E-state index is 5.39. The highest BCUT2D eigenvalue weighted by atomic mass is 15.1. The molecule has 0 unspecified atom stereocenters. The molecule has 0 aliphatic carbocycles. The van der Waals surface area contributed by atoms with E-state index >= 15 is 0 Å². The van der Waals surface area contributed by atoms with E-state index in [0.29, 0.717) is 19.0 Å². The van der Waals surface area contributed by atoms with Gasteiger partial charge in [-0.25, -0.2) is 4.99 Å². The molecule has 0 radical (unpaired) electrons. The highest BCUT2D eigenvalue weighted by molar-refractivity contribution is 5.89. The third-order valence-corrected chi connectivity index (χ3v) is 0.924. The fraction of sp³-hybridized carbons (Fsp3) is 0.400. The standard InChI is InChI=1S/C5H9N5/c6-5-1-7-2-8-3-9-4-10-5/h2,4H,1,3H2,(H,7,8)(H2,6,9,10). The highest BCUT2D eigenvalue weighted by Gasteiger charge is 1.87. The Balaban J connectivity index is 2.57. The van der Waals surface area contributed by atoms with E-state index in [4.69, 9.17) is 5.73 Å². The molecule has 0 amide bonds. The quantitative estimate of drug-likeness (QED) is 0.450. The first-order valence-electron chi connectivity index (χ1n) is 2.92. The van der Waals surface area contributed by atoms with Gasteiger partial charge in [-0.2, -0.15) is 0 Å². The molecule has 0 aromatic carbocycles. The number of aliphatic imine (C=N–C) groups is 3. The second kappa shape index (κ2) is 3.60. The van der Waals surface area contributed by atoms with Crippen LogP contribution in [0.25, 0.3) is 0 Å². The van der Waals surface area contributed by atoms with E-state index in [1.54, 1.807) is 6.34 Å². The number of hydrogen-bond donors (Lipinski definition) is 2. The summed E-state index contributed by atoms with van der Waals surface area (Å²) in [6.07, 6.45) is 3.00. The minimum absolute atomic E-state index is 0.430. The SMILES string of the molecule is N/C1=N/C=N\CN/C=N\C1. The van der Waals surface area contributed by atoms with Crippen LogP contribution in [0.1, 0.15) is 0 Å². The minimum atomic E-state index is 0.430. The summed E-state index contributed by atoms with van der Waals surface area (Å²) in [6.45, 7) is 0.930. The molecule has 5 heteroatoms. The molecule has 0 saturated carbocycles. The van der Waals surface area contributed by atoms with Gasteiger partial charge in [-0.05, 0) is 0 Å². The predicted molar refractivity (Wildman–Crippen MR) is 41.5 cm³/mol. The molecule has 10 heavy (non-hydrogen) atoms. The number of amidine groups is 1. The number of nitrogens with one attached hydrogen (secondary N) is 1. The minimum Gasteiger partial charge on any atom is -0.386 e. The van der Waals surface area contributed by atoms with Crippen LogP contribution in [-0.4, -0.2) is 31.7 Å². The van der Waals surface area contributed by atoms with Crippen molar-refractivity contribution in [2.45, 2.75) is 0 Å². The van der Waals surface area contributed by atoms with Crippen LogP contribution in [0.2, 0.25) is 0 Å². The second-order valence-corrected chi connectivity index (χ2v) is 1.75. The molecule has 0 aromatic heterocycles. The normalized spacial score (nSPS) is 29.8. The van der Waals surface area contributed by atoms with E-state index in [1.807, 2.05) is 0 Å². The summed E-state index contributed by atoms with van der Waals surface area (Å²) in [5.74, 6) is 0.476. The molecule has 0 atom stereocenters. The van der Waals surface area contributed by atoms with Gasteiger partial charge in [0.25, 0.3) is 0 Å². The average molecular weight is 139 g/mol. The monoisotopic (exact) mass is 139 g/mol. The maximum atomic E-state index is 5.39. The van der Waals surface area contributed by atoms with Crippen molar-refractivity contribution in [2.75, 3.05) is 13.2 Å². The van der Waals surface area contributed by atoms with E-state index in [1.165, 1.54) is 6.34 Å². The van der Waals surface area contributed by atoms with Gasteiger partial charge >= 0.3 is 0 Å². The molecule has 0 bridgehead atoms. The Hall–Kier alpha value is -1.39. The largest absolute Gasteiger partial charge is 0.386 e. The first-order chi connectivity index (χ1) is 4.89. The molecule has 1 aliphatic rings. The van der Waals surface area contributed by atoms with Crippen LogP contribution in [0.15, 0.2) is 15.0 Å². The van der Waals surface area contributed by atoms with Crippen LogP contribution in [0, 0.1) is 0 Å². The van der Waals surface area contributed by atoms with Crippen molar-refractivity contribution >= 4 is 18.5 Å². The molecular formula is C5H9N5. The lowest BCUT2D eigenvalue weighted by Gasteiger charge is -1.89. The van der Waals surface area contributed by atoms with Crippen LogP contribution >= 0.6 is 0 Å². The van der Waals surface area contributed by atoms with Crippen molar-refractivity contribution in [2.24, 2.45) is 20.7 Å². The van der Waals surface area contributed by atoms with Crippen molar-refractivity contribution in [1.29, 1.82) is 0 Å².